The van der Waals surface area contributed by atoms with Crippen LogP contribution in [-0.4, -0.2) is 25.7 Å². The van der Waals surface area contributed by atoms with Gasteiger partial charge in [0, 0.05) is 12.2 Å². The first-order valence-corrected chi connectivity index (χ1v) is 6.07. The predicted molar refractivity (Wildman–Crippen MR) is 69.2 cm³/mol. The highest BCUT2D eigenvalue weighted by atomic mass is 16.2. The van der Waals surface area contributed by atoms with Gasteiger partial charge in [-0.2, -0.15) is 0 Å². The third kappa shape index (κ3) is 3.46. The van der Waals surface area contributed by atoms with E-state index in [2.05, 4.69) is 16.0 Å². The normalized spacial score (nSPS) is 19.0. The molecule has 1 aliphatic heterocycles. The van der Waals surface area contributed by atoms with Gasteiger partial charge in [0.2, 0.25) is 0 Å². The second kappa shape index (κ2) is 5.68. The quantitative estimate of drug-likeness (QED) is 0.744. The van der Waals surface area contributed by atoms with Crippen molar-refractivity contribution in [3.05, 3.63) is 29.8 Å². The molecule has 1 unspecified atom stereocenters. The van der Waals surface area contributed by atoms with Crippen LogP contribution in [0, 0.1) is 12.8 Å². The molecule has 92 valence electrons. The van der Waals surface area contributed by atoms with E-state index in [4.69, 9.17) is 0 Å². The molecule has 0 saturated carbocycles. The Morgan fingerprint density at radius 3 is 3.00 bits per heavy atom. The molecule has 2 rings (SSSR count). The predicted octanol–water partition coefficient (Wildman–Crippen LogP) is 1.73. The third-order valence-corrected chi connectivity index (χ3v) is 3.11. The molecule has 17 heavy (non-hydrogen) atoms. The molecule has 3 N–H and O–H groups in total. The van der Waals surface area contributed by atoms with Crippen LogP contribution < -0.4 is 16.0 Å². The Morgan fingerprint density at radius 2 is 2.29 bits per heavy atom. The first kappa shape index (κ1) is 11.9. The third-order valence-electron chi connectivity index (χ3n) is 3.11. The highest BCUT2D eigenvalue weighted by molar-refractivity contribution is 5.89. The summed E-state index contributed by atoms with van der Waals surface area (Å²) in [7, 11) is 0. The zero-order chi connectivity index (χ0) is 12.1. The Balaban J connectivity index is 1.79. The summed E-state index contributed by atoms with van der Waals surface area (Å²) < 4.78 is 0. The van der Waals surface area contributed by atoms with Gasteiger partial charge in [-0.25, -0.2) is 4.79 Å². The Labute approximate surface area is 102 Å². The fourth-order valence-electron chi connectivity index (χ4n) is 2.01. The van der Waals surface area contributed by atoms with Crippen LogP contribution in [0.1, 0.15) is 12.0 Å². The van der Waals surface area contributed by atoms with E-state index >= 15 is 0 Å². The molecule has 1 fully saturated rings. The molecule has 4 nitrogen and oxygen atoms in total. The van der Waals surface area contributed by atoms with Gasteiger partial charge in [-0.15, -0.1) is 0 Å². The van der Waals surface area contributed by atoms with Crippen LogP contribution in [0.25, 0.3) is 0 Å². The molecule has 0 spiro atoms. The lowest BCUT2D eigenvalue weighted by Crippen LogP contribution is -2.33. The molecule has 2 amide bonds. The maximum atomic E-state index is 11.7. The fourth-order valence-corrected chi connectivity index (χ4v) is 2.01. The molecule has 1 aromatic carbocycles. The van der Waals surface area contributed by atoms with Crippen molar-refractivity contribution in [3.8, 4) is 0 Å². The molecule has 4 heteroatoms. The lowest BCUT2D eigenvalue weighted by molar-refractivity contribution is 0.250. The van der Waals surface area contributed by atoms with Crippen LogP contribution in [0.3, 0.4) is 0 Å². The molecule has 0 radical (unpaired) electrons. The first-order valence-electron chi connectivity index (χ1n) is 6.07. The summed E-state index contributed by atoms with van der Waals surface area (Å²) in [4.78, 5) is 11.7. The lowest BCUT2D eigenvalue weighted by Gasteiger charge is -2.12. The van der Waals surface area contributed by atoms with E-state index in [0.717, 1.165) is 37.3 Å². The van der Waals surface area contributed by atoms with Crippen molar-refractivity contribution in [3.63, 3.8) is 0 Å². The molecule has 1 heterocycles. The fraction of sp³-hybridized carbons (Fsp3) is 0.462. The van der Waals surface area contributed by atoms with E-state index in [0.29, 0.717) is 5.92 Å². The summed E-state index contributed by atoms with van der Waals surface area (Å²) in [6.07, 6.45) is 1.14. The summed E-state index contributed by atoms with van der Waals surface area (Å²) >= 11 is 0. The minimum absolute atomic E-state index is 0.119. The Bertz CT molecular complexity index is 386. The number of hydrogen-bond acceptors (Lipinski definition) is 2. The van der Waals surface area contributed by atoms with Crippen LogP contribution in [0.15, 0.2) is 24.3 Å². The van der Waals surface area contributed by atoms with Gasteiger partial charge in [0.05, 0.1) is 0 Å². The van der Waals surface area contributed by atoms with E-state index in [9.17, 15) is 4.79 Å². The number of carbonyl (C=O) groups excluding carboxylic acids is 1. The van der Waals surface area contributed by atoms with E-state index in [1.54, 1.807) is 0 Å². The van der Waals surface area contributed by atoms with Gasteiger partial charge in [-0.05, 0) is 44.0 Å². The number of urea groups is 1. The van der Waals surface area contributed by atoms with Crippen LogP contribution in [0.5, 0.6) is 0 Å². The average Bonchev–Trinajstić information content (AvgIpc) is 2.82. The summed E-state index contributed by atoms with van der Waals surface area (Å²) in [5, 5.41) is 9.06. The van der Waals surface area contributed by atoms with Crippen molar-refractivity contribution in [2.45, 2.75) is 13.3 Å². The number of benzene rings is 1. The van der Waals surface area contributed by atoms with Crippen molar-refractivity contribution in [1.82, 2.24) is 10.6 Å². The standard InChI is InChI=1S/C13H19N3O/c1-10-4-2-3-5-12(10)16-13(17)15-9-11-6-7-14-8-11/h2-5,11,14H,6-9H2,1H3,(H2,15,16,17). The SMILES string of the molecule is Cc1ccccc1NC(=O)NCC1CCNC1. The highest BCUT2D eigenvalue weighted by Gasteiger charge is 2.15. The molecule has 1 aromatic rings. The minimum atomic E-state index is -0.119. The van der Waals surface area contributed by atoms with E-state index in [1.165, 1.54) is 0 Å². The number of hydrogen-bond donors (Lipinski definition) is 3. The zero-order valence-electron chi connectivity index (χ0n) is 10.1. The van der Waals surface area contributed by atoms with Crippen molar-refractivity contribution >= 4 is 11.7 Å². The van der Waals surface area contributed by atoms with Gasteiger partial charge in [0.25, 0.3) is 0 Å². The Kier molecular flexibility index (Phi) is 3.98. The number of nitrogens with one attached hydrogen (secondary N) is 3. The average molecular weight is 233 g/mol. The lowest BCUT2D eigenvalue weighted by atomic mass is 10.1. The van der Waals surface area contributed by atoms with Gasteiger partial charge < -0.3 is 16.0 Å². The first-order chi connectivity index (χ1) is 8.25. The maximum Gasteiger partial charge on any atom is 0.319 e. The summed E-state index contributed by atoms with van der Waals surface area (Å²) in [6.45, 7) is 4.79. The number of rotatable bonds is 3. The smallest absolute Gasteiger partial charge is 0.319 e. The van der Waals surface area contributed by atoms with Gasteiger partial charge in [-0.1, -0.05) is 18.2 Å². The minimum Gasteiger partial charge on any atom is -0.338 e. The summed E-state index contributed by atoms with van der Waals surface area (Å²) in [5.74, 6) is 0.567. The number of para-hydroxylation sites is 1. The van der Waals surface area contributed by atoms with Crippen LogP contribution in [0.2, 0.25) is 0 Å². The van der Waals surface area contributed by atoms with Gasteiger partial charge in [0.1, 0.15) is 0 Å². The summed E-state index contributed by atoms with van der Waals surface area (Å²) in [6, 6.07) is 7.65. The number of anilines is 1. The molecule has 1 atom stereocenters. The van der Waals surface area contributed by atoms with E-state index < -0.39 is 0 Å². The van der Waals surface area contributed by atoms with E-state index in [-0.39, 0.29) is 6.03 Å². The zero-order valence-corrected chi connectivity index (χ0v) is 10.1. The molecular weight excluding hydrogens is 214 g/mol. The maximum absolute atomic E-state index is 11.7. The number of amides is 2. The van der Waals surface area contributed by atoms with Crippen molar-refractivity contribution < 1.29 is 4.79 Å². The van der Waals surface area contributed by atoms with Crippen molar-refractivity contribution in [2.24, 2.45) is 5.92 Å². The number of carbonyl (C=O) groups is 1. The highest BCUT2D eigenvalue weighted by Crippen LogP contribution is 2.12. The van der Waals surface area contributed by atoms with Gasteiger partial charge in [-0.3, -0.25) is 0 Å². The molecule has 1 saturated heterocycles. The molecular formula is C13H19N3O. The van der Waals surface area contributed by atoms with E-state index in [1.807, 2.05) is 31.2 Å². The largest absolute Gasteiger partial charge is 0.338 e. The molecule has 0 aromatic heterocycles. The van der Waals surface area contributed by atoms with Crippen molar-refractivity contribution in [2.75, 3.05) is 25.0 Å². The molecule has 0 bridgehead atoms. The topological polar surface area (TPSA) is 53.2 Å². The molecule has 0 aliphatic carbocycles. The van der Waals surface area contributed by atoms with Crippen LogP contribution in [0.4, 0.5) is 10.5 Å². The second-order valence-electron chi connectivity index (χ2n) is 4.51. The Morgan fingerprint density at radius 1 is 1.47 bits per heavy atom. The van der Waals surface area contributed by atoms with Crippen LogP contribution >= 0.6 is 0 Å². The summed E-state index contributed by atoms with van der Waals surface area (Å²) in [5.41, 5.74) is 1.94. The second-order valence-corrected chi connectivity index (χ2v) is 4.51. The van der Waals surface area contributed by atoms with Gasteiger partial charge in [0.15, 0.2) is 0 Å². The van der Waals surface area contributed by atoms with Crippen LogP contribution in [-0.2, 0) is 0 Å². The monoisotopic (exact) mass is 233 g/mol. The van der Waals surface area contributed by atoms with Crippen molar-refractivity contribution in [1.29, 1.82) is 0 Å². The Hall–Kier alpha value is -1.55. The number of aryl methyl sites for hydroxylation is 1. The van der Waals surface area contributed by atoms with Gasteiger partial charge >= 0.3 is 6.03 Å². The molecule has 1 aliphatic rings.